The molecule has 1 heterocycles. The van der Waals surface area contributed by atoms with E-state index in [9.17, 15) is 9.90 Å². The van der Waals surface area contributed by atoms with E-state index in [2.05, 4.69) is 9.72 Å². The van der Waals surface area contributed by atoms with Crippen LogP contribution in [-0.4, -0.2) is 23.2 Å². The number of hydrogen-bond acceptors (Lipinski definition) is 5. The number of esters is 1. The lowest BCUT2D eigenvalue weighted by Crippen LogP contribution is -1.99. The molecule has 0 fully saturated rings. The molecule has 0 spiro atoms. The Balaban J connectivity index is 2.90. The number of aromatic nitrogens is 1. The molecule has 5 heteroatoms. The lowest BCUT2D eigenvalue weighted by molar-refractivity contribution is 0.0605. The third-order valence-corrected chi connectivity index (χ3v) is 3.27. The Morgan fingerprint density at radius 1 is 1.67 bits per heavy atom. The minimum atomic E-state index is -0.572. The molecule has 1 aromatic rings. The summed E-state index contributed by atoms with van der Waals surface area (Å²) in [6, 6.07) is 0. The number of methoxy groups -OCH3 is 1. The van der Waals surface area contributed by atoms with Crippen LogP contribution in [0.4, 0.5) is 0 Å². The first kappa shape index (κ1) is 12.1. The average molecular weight is 229 g/mol. The SMILES string of the molecule is CCCC(O)c1nc(C)c(C(=O)OC)s1. The Kier molecular flexibility index (Phi) is 4.23. The maximum Gasteiger partial charge on any atom is 0.349 e. The highest BCUT2D eigenvalue weighted by atomic mass is 32.1. The van der Waals surface area contributed by atoms with E-state index >= 15 is 0 Å². The van der Waals surface area contributed by atoms with E-state index in [1.807, 2.05) is 6.92 Å². The number of ether oxygens (including phenoxy) is 1. The molecule has 0 saturated carbocycles. The number of nitrogens with zero attached hydrogens (tertiary/aromatic N) is 1. The molecule has 1 aromatic heterocycles. The van der Waals surface area contributed by atoms with Crippen molar-refractivity contribution in [2.45, 2.75) is 32.8 Å². The van der Waals surface area contributed by atoms with Gasteiger partial charge in [-0.15, -0.1) is 11.3 Å². The molecule has 15 heavy (non-hydrogen) atoms. The summed E-state index contributed by atoms with van der Waals surface area (Å²) in [5.41, 5.74) is 0.622. The quantitative estimate of drug-likeness (QED) is 0.803. The second kappa shape index (κ2) is 5.23. The van der Waals surface area contributed by atoms with Crippen LogP contribution < -0.4 is 0 Å². The summed E-state index contributed by atoms with van der Waals surface area (Å²) >= 11 is 1.20. The van der Waals surface area contributed by atoms with E-state index in [1.165, 1.54) is 18.4 Å². The molecule has 0 aliphatic rings. The predicted octanol–water partition coefficient (Wildman–Crippen LogP) is 2.07. The summed E-state index contributed by atoms with van der Waals surface area (Å²) < 4.78 is 4.62. The third kappa shape index (κ3) is 2.76. The van der Waals surface area contributed by atoms with Gasteiger partial charge in [-0.05, 0) is 13.3 Å². The van der Waals surface area contributed by atoms with Crippen molar-refractivity contribution in [3.8, 4) is 0 Å². The van der Waals surface area contributed by atoms with Crippen molar-refractivity contribution in [2.24, 2.45) is 0 Å². The van der Waals surface area contributed by atoms with Crippen molar-refractivity contribution in [2.75, 3.05) is 7.11 Å². The Morgan fingerprint density at radius 2 is 2.33 bits per heavy atom. The molecule has 0 aliphatic heterocycles. The summed E-state index contributed by atoms with van der Waals surface area (Å²) in [4.78, 5) is 15.9. The number of rotatable bonds is 4. The summed E-state index contributed by atoms with van der Waals surface area (Å²) in [5, 5.41) is 10.3. The molecule has 1 rings (SSSR count). The summed E-state index contributed by atoms with van der Waals surface area (Å²) in [6.07, 6.45) is 0.970. The summed E-state index contributed by atoms with van der Waals surface area (Å²) in [7, 11) is 1.34. The van der Waals surface area contributed by atoms with Gasteiger partial charge in [0.25, 0.3) is 0 Å². The molecule has 1 atom stereocenters. The average Bonchev–Trinajstić information content (AvgIpc) is 2.60. The Labute approximate surface area is 92.9 Å². The fraction of sp³-hybridized carbons (Fsp3) is 0.600. The molecule has 0 radical (unpaired) electrons. The van der Waals surface area contributed by atoms with Crippen LogP contribution in [-0.2, 0) is 4.74 Å². The first-order valence-electron chi connectivity index (χ1n) is 4.83. The van der Waals surface area contributed by atoms with Crippen molar-refractivity contribution in [3.63, 3.8) is 0 Å². The van der Waals surface area contributed by atoms with Gasteiger partial charge in [-0.3, -0.25) is 0 Å². The molecule has 0 aromatic carbocycles. The van der Waals surface area contributed by atoms with Gasteiger partial charge < -0.3 is 9.84 Å². The Bertz CT molecular complexity index is 348. The summed E-state index contributed by atoms with van der Waals surface area (Å²) in [6.45, 7) is 3.73. The molecule has 4 nitrogen and oxygen atoms in total. The molecular formula is C10H15NO3S. The molecule has 1 N–H and O–H groups in total. The van der Waals surface area contributed by atoms with Gasteiger partial charge in [-0.25, -0.2) is 9.78 Å². The number of carbonyl (C=O) groups excluding carboxylic acids is 1. The van der Waals surface area contributed by atoms with Gasteiger partial charge in [-0.1, -0.05) is 13.3 Å². The zero-order valence-corrected chi connectivity index (χ0v) is 9.93. The normalized spacial score (nSPS) is 12.5. The van der Waals surface area contributed by atoms with Crippen molar-refractivity contribution in [3.05, 3.63) is 15.6 Å². The van der Waals surface area contributed by atoms with E-state index in [4.69, 9.17) is 0 Å². The number of aliphatic hydroxyl groups excluding tert-OH is 1. The second-order valence-corrected chi connectivity index (χ2v) is 4.29. The van der Waals surface area contributed by atoms with Crippen LogP contribution >= 0.6 is 11.3 Å². The van der Waals surface area contributed by atoms with Crippen LogP contribution in [0.15, 0.2) is 0 Å². The smallest absolute Gasteiger partial charge is 0.349 e. The number of aliphatic hydroxyl groups is 1. The molecule has 1 unspecified atom stereocenters. The first-order valence-corrected chi connectivity index (χ1v) is 5.65. The number of aryl methyl sites for hydroxylation is 1. The van der Waals surface area contributed by atoms with Crippen LogP contribution in [0, 0.1) is 6.92 Å². The van der Waals surface area contributed by atoms with Gasteiger partial charge in [-0.2, -0.15) is 0 Å². The topological polar surface area (TPSA) is 59.4 Å². The zero-order chi connectivity index (χ0) is 11.4. The van der Waals surface area contributed by atoms with Crippen LogP contribution in [0.3, 0.4) is 0 Å². The molecule has 0 bridgehead atoms. The lowest BCUT2D eigenvalue weighted by atomic mass is 10.2. The minimum absolute atomic E-state index is 0.389. The molecular weight excluding hydrogens is 214 g/mol. The fourth-order valence-electron chi connectivity index (χ4n) is 1.24. The number of hydrogen-bond donors (Lipinski definition) is 1. The van der Waals surface area contributed by atoms with Gasteiger partial charge in [0.2, 0.25) is 0 Å². The predicted molar refractivity (Wildman–Crippen MR) is 58.1 cm³/mol. The highest BCUT2D eigenvalue weighted by molar-refractivity contribution is 7.13. The van der Waals surface area contributed by atoms with Crippen LogP contribution in [0.5, 0.6) is 0 Å². The number of carbonyl (C=O) groups is 1. The summed E-state index contributed by atoms with van der Waals surface area (Å²) in [5.74, 6) is -0.389. The van der Waals surface area contributed by atoms with Gasteiger partial charge in [0, 0.05) is 0 Å². The Morgan fingerprint density at radius 3 is 2.87 bits per heavy atom. The van der Waals surface area contributed by atoms with Gasteiger partial charge in [0.1, 0.15) is 16.0 Å². The van der Waals surface area contributed by atoms with E-state index < -0.39 is 6.10 Å². The monoisotopic (exact) mass is 229 g/mol. The highest BCUT2D eigenvalue weighted by Crippen LogP contribution is 2.26. The maximum atomic E-state index is 11.3. The first-order chi connectivity index (χ1) is 7.10. The molecule has 84 valence electrons. The van der Waals surface area contributed by atoms with Gasteiger partial charge in [0.05, 0.1) is 12.8 Å². The van der Waals surface area contributed by atoms with Crippen molar-refractivity contribution in [1.82, 2.24) is 4.98 Å². The fourth-order valence-corrected chi connectivity index (χ4v) is 2.24. The van der Waals surface area contributed by atoms with Crippen molar-refractivity contribution < 1.29 is 14.6 Å². The van der Waals surface area contributed by atoms with E-state index in [1.54, 1.807) is 6.92 Å². The molecule has 0 aliphatic carbocycles. The Hall–Kier alpha value is -0.940. The van der Waals surface area contributed by atoms with Crippen LogP contribution in [0.25, 0.3) is 0 Å². The highest BCUT2D eigenvalue weighted by Gasteiger charge is 2.19. The van der Waals surface area contributed by atoms with E-state index in [0.29, 0.717) is 22.0 Å². The van der Waals surface area contributed by atoms with E-state index in [0.717, 1.165) is 6.42 Å². The third-order valence-electron chi connectivity index (χ3n) is 2.03. The second-order valence-electron chi connectivity index (χ2n) is 3.26. The van der Waals surface area contributed by atoms with Gasteiger partial charge >= 0.3 is 5.97 Å². The number of thiazole rings is 1. The minimum Gasteiger partial charge on any atom is -0.465 e. The standard InChI is InChI=1S/C10H15NO3S/c1-4-5-7(12)9-11-6(2)8(15-9)10(13)14-3/h7,12H,4-5H2,1-3H3. The van der Waals surface area contributed by atoms with Crippen molar-refractivity contribution >= 4 is 17.3 Å². The largest absolute Gasteiger partial charge is 0.465 e. The van der Waals surface area contributed by atoms with E-state index in [-0.39, 0.29) is 5.97 Å². The van der Waals surface area contributed by atoms with Crippen LogP contribution in [0.2, 0.25) is 0 Å². The zero-order valence-electron chi connectivity index (χ0n) is 9.11. The maximum absolute atomic E-state index is 11.3. The van der Waals surface area contributed by atoms with Crippen LogP contribution in [0.1, 0.15) is 46.2 Å². The molecule has 0 saturated heterocycles. The lowest BCUT2D eigenvalue weighted by Gasteiger charge is -2.03. The van der Waals surface area contributed by atoms with Crippen molar-refractivity contribution in [1.29, 1.82) is 0 Å². The molecule has 0 amide bonds. The van der Waals surface area contributed by atoms with Gasteiger partial charge in [0.15, 0.2) is 0 Å².